The van der Waals surface area contributed by atoms with E-state index in [-0.39, 0.29) is 6.23 Å². The third kappa shape index (κ3) is 1.83. The lowest BCUT2D eigenvalue weighted by molar-refractivity contribution is 0.0276. The second-order valence-electron chi connectivity index (χ2n) is 4.13. The van der Waals surface area contributed by atoms with E-state index in [1.54, 1.807) is 0 Å². The van der Waals surface area contributed by atoms with Gasteiger partial charge in [-0.05, 0) is 51.0 Å². The maximum Gasteiger partial charge on any atom is 0.132 e. The highest BCUT2D eigenvalue weighted by atomic mass is 16.5. The molecule has 1 heterocycles. The van der Waals surface area contributed by atoms with Crippen LogP contribution in [0.3, 0.4) is 0 Å². The molecule has 3 nitrogen and oxygen atoms in total. The fourth-order valence-corrected chi connectivity index (χ4v) is 1.89. The van der Waals surface area contributed by atoms with Crippen molar-refractivity contribution in [2.75, 3.05) is 6.61 Å². The average molecular weight is 218 g/mol. The number of nitrogens with zero attached hydrogens (tertiary/aromatic N) is 2. The number of benzene rings is 1. The first-order valence-corrected chi connectivity index (χ1v) is 5.69. The Morgan fingerprint density at radius 3 is 2.69 bits per heavy atom. The van der Waals surface area contributed by atoms with E-state index in [1.807, 2.05) is 20.2 Å². The largest absolute Gasteiger partial charge is 0.359 e. The van der Waals surface area contributed by atoms with Crippen LogP contribution in [0.1, 0.15) is 31.2 Å². The van der Waals surface area contributed by atoms with Gasteiger partial charge in [0.05, 0.1) is 17.4 Å². The van der Waals surface area contributed by atoms with Crippen LogP contribution < -0.4 is 0 Å². The lowest BCUT2D eigenvalue weighted by Crippen LogP contribution is -2.07. The normalized spacial score (nSPS) is 13.2. The maximum absolute atomic E-state index is 5.59. The van der Waals surface area contributed by atoms with Crippen molar-refractivity contribution in [3.8, 4) is 0 Å². The van der Waals surface area contributed by atoms with Crippen LogP contribution in [-0.4, -0.2) is 16.2 Å². The molecule has 0 fully saturated rings. The summed E-state index contributed by atoms with van der Waals surface area (Å²) in [5.41, 5.74) is 4.75. The summed E-state index contributed by atoms with van der Waals surface area (Å²) in [5, 5.41) is 0. The van der Waals surface area contributed by atoms with Crippen molar-refractivity contribution in [1.82, 2.24) is 9.55 Å². The van der Waals surface area contributed by atoms with Crippen LogP contribution in [0, 0.1) is 13.8 Å². The molecule has 1 unspecified atom stereocenters. The number of imidazole rings is 1. The lowest BCUT2D eigenvalue weighted by atomic mass is 10.1. The zero-order valence-corrected chi connectivity index (χ0v) is 10.3. The Hall–Kier alpha value is -1.35. The van der Waals surface area contributed by atoms with Gasteiger partial charge in [0.15, 0.2) is 0 Å². The summed E-state index contributed by atoms with van der Waals surface area (Å²) in [4.78, 5) is 4.41. The predicted octanol–water partition coefficient (Wildman–Crippen LogP) is 3.21. The Balaban J connectivity index is 2.51. The molecule has 3 heteroatoms. The van der Waals surface area contributed by atoms with E-state index in [0.717, 1.165) is 11.0 Å². The van der Waals surface area contributed by atoms with Crippen molar-refractivity contribution in [3.63, 3.8) is 0 Å². The second-order valence-corrected chi connectivity index (χ2v) is 4.13. The smallest absolute Gasteiger partial charge is 0.132 e. The fraction of sp³-hybridized carbons (Fsp3) is 0.462. The molecule has 1 aromatic carbocycles. The van der Waals surface area contributed by atoms with Crippen LogP contribution in [0.2, 0.25) is 0 Å². The zero-order valence-electron chi connectivity index (χ0n) is 10.3. The van der Waals surface area contributed by atoms with Gasteiger partial charge in [-0.25, -0.2) is 4.98 Å². The molecule has 0 radical (unpaired) electrons. The van der Waals surface area contributed by atoms with E-state index in [1.165, 1.54) is 11.1 Å². The Labute approximate surface area is 96.1 Å². The predicted molar refractivity (Wildman–Crippen MR) is 65.5 cm³/mol. The Kier molecular flexibility index (Phi) is 2.97. The number of rotatable bonds is 3. The van der Waals surface area contributed by atoms with Gasteiger partial charge in [-0.1, -0.05) is 0 Å². The fourth-order valence-electron chi connectivity index (χ4n) is 1.89. The van der Waals surface area contributed by atoms with E-state index < -0.39 is 0 Å². The van der Waals surface area contributed by atoms with Crippen molar-refractivity contribution in [2.45, 2.75) is 33.9 Å². The molecule has 0 saturated carbocycles. The molecule has 1 atom stereocenters. The molecule has 0 saturated heterocycles. The zero-order chi connectivity index (χ0) is 11.7. The topological polar surface area (TPSA) is 27.1 Å². The number of fused-ring (bicyclic) bond motifs is 1. The SMILES string of the molecule is CCOC(C)n1cnc2cc(C)c(C)cc21. The van der Waals surface area contributed by atoms with Crippen LogP contribution in [0.4, 0.5) is 0 Å². The van der Waals surface area contributed by atoms with Crippen molar-refractivity contribution in [1.29, 1.82) is 0 Å². The third-order valence-corrected chi connectivity index (χ3v) is 2.99. The van der Waals surface area contributed by atoms with Gasteiger partial charge < -0.3 is 9.30 Å². The minimum Gasteiger partial charge on any atom is -0.359 e. The standard InChI is InChI=1S/C13H18N2O/c1-5-16-11(4)15-8-14-12-6-9(2)10(3)7-13(12)15/h6-8,11H,5H2,1-4H3. The first-order chi connectivity index (χ1) is 7.63. The van der Waals surface area contributed by atoms with E-state index >= 15 is 0 Å². The van der Waals surface area contributed by atoms with Gasteiger partial charge in [-0.3, -0.25) is 0 Å². The third-order valence-electron chi connectivity index (χ3n) is 2.99. The molecule has 86 valence electrons. The minimum absolute atomic E-state index is 0.0390. The number of hydrogen-bond donors (Lipinski definition) is 0. The molecule has 2 rings (SSSR count). The average Bonchev–Trinajstić information content (AvgIpc) is 2.62. The van der Waals surface area contributed by atoms with Crippen molar-refractivity contribution < 1.29 is 4.74 Å². The minimum atomic E-state index is 0.0390. The van der Waals surface area contributed by atoms with Gasteiger partial charge in [0.2, 0.25) is 0 Å². The molecule has 0 aliphatic carbocycles. The van der Waals surface area contributed by atoms with Crippen molar-refractivity contribution in [2.24, 2.45) is 0 Å². The summed E-state index contributed by atoms with van der Waals surface area (Å²) in [6.45, 7) is 8.99. The molecule has 0 aliphatic rings. The summed E-state index contributed by atoms with van der Waals surface area (Å²) in [7, 11) is 0. The molecule has 0 N–H and O–H groups in total. The highest BCUT2D eigenvalue weighted by molar-refractivity contribution is 5.77. The van der Waals surface area contributed by atoms with Gasteiger partial charge in [-0.15, -0.1) is 0 Å². The summed E-state index contributed by atoms with van der Waals surface area (Å²) >= 11 is 0. The summed E-state index contributed by atoms with van der Waals surface area (Å²) in [5.74, 6) is 0. The van der Waals surface area contributed by atoms with E-state index in [2.05, 4.69) is 35.5 Å². The van der Waals surface area contributed by atoms with Crippen LogP contribution in [0.15, 0.2) is 18.5 Å². The van der Waals surface area contributed by atoms with Crippen LogP contribution in [0.5, 0.6) is 0 Å². The molecular formula is C13H18N2O. The molecule has 0 bridgehead atoms. The molecule has 0 spiro atoms. The Morgan fingerprint density at radius 1 is 1.31 bits per heavy atom. The van der Waals surface area contributed by atoms with E-state index in [9.17, 15) is 0 Å². The van der Waals surface area contributed by atoms with Gasteiger partial charge in [-0.2, -0.15) is 0 Å². The first-order valence-electron chi connectivity index (χ1n) is 5.69. The second kappa shape index (κ2) is 4.26. The highest BCUT2D eigenvalue weighted by Gasteiger charge is 2.09. The monoisotopic (exact) mass is 218 g/mol. The van der Waals surface area contributed by atoms with Crippen LogP contribution in [0.25, 0.3) is 11.0 Å². The van der Waals surface area contributed by atoms with Gasteiger partial charge in [0, 0.05) is 6.61 Å². The Morgan fingerprint density at radius 2 is 2.00 bits per heavy atom. The summed E-state index contributed by atoms with van der Waals surface area (Å²) < 4.78 is 7.66. The molecular weight excluding hydrogens is 200 g/mol. The first kappa shape index (κ1) is 11.1. The van der Waals surface area contributed by atoms with E-state index in [0.29, 0.717) is 6.61 Å². The molecule has 0 amide bonds. The number of aromatic nitrogens is 2. The number of ether oxygens (including phenoxy) is 1. The summed E-state index contributed by atoms with van der Waals surface area (Å²) in [6, 6.07) is 4.30. The Bertz CT molecular complexity index is 502. The van der Waals surface area contributed by atoms with Crippen molar-refractivity contribution >= 4 is 11.0 Å². The highest BCUT2D eigenvalue weighted by Crippen LogP contribution is 2.21. The quantitative estimate of drug-likeness (QED) is 0.791. The molecule has 16 heavy (non-hydrogen) atoms. The van der Waals surface area contributed by atoms with Crippen LogP contribution in [-0.2, 0) is 4.74 Å². The number of aryl methyl sites for hydroxylation is 2. The van der Waals surface area contributed by atoms with Gasteiger partial charge in [0.1, 0.15) is 6.23 Å². The van der Waals surface area contributed by atoms with Gasteiger partial charge in [0.25, 0.3) is 0 Å². The van der Waals surface area contributed by atoms with Gasteiger partial charge >= 0.3 is 0 Å². The van der Waals surface area contributed by atoms with E-state index in [4.69, 9.17) is 4.74 Å². The van der Waals surface area contributed by atoms with Crippen molar-refractivity contribution in [3.05, 3.63) is 29.6 Å². The summed E-state index contributed by atoms with van der Waals surface area (Å²) in [6.07, 6.45) is 1.89. The number of hydrogen-bond acceptors (Lipinski definition) is 2. The molecule has 0 aliphatic heterocycles. The van der Waals surface area contributed by atoms with Crippen LogP contribution >= 0.6 is 0 Å². The lowest BCUT2D eigenvalue weighted by Gasteiger charge is -2.14. The maximum atomic E-state index is 5.59. The molecule has 1 aromatic heterocycles. The molecule has 2 aromatic rings.